The van der Waals surface area contributed by atoms with Crippen molar-refractivity contribution in [1.29, 1.82) is 0 Å². The zero-order valence-corrected chi connectivity index (χ0v) is 13.4. The molecule has 116 valence electrons. The summed E-state index contributed by atoms with van der Waals surface area (Å²) in [6.45, 7) is 4.80. The van der Waals surface area contributed by atoms with E-state index >= 15 is 0 Å². The van der Waals surface area contributed by atoms with Crippen molar-refractivity contribution in [2.24, 2.45) is 17.4 Å². The zero-order chi connectivity index (χ0) is 15.6. The van der Waals surface area contributed by atoms with E-state index in [4.69, 9.17) is 23.1 Å². The monoisotopic (exact) mass is 309 g/mol. The first-order valence-corrected chi connectivity index (χ1v) is 7.84. The third kappa shape index (κ3) is 3.57. The Kier molecular flexibility index (Phi) is 5.25. The molecule has 4 nitrogen and oxygen atoms in total. The third-order valence-corrected chi connectivity index (χ3v) is 4.76. The van der Waals surface area contributed by atoms with E-state index in [-0.39, 0.29) is 23.9 Å². The minimum absolute atomic E-state index is 0.00384. The van der Waals surface area contributed by atoms with E-state index in [1.807, 2.05) is 31.2 Å². The number of nitrogens with two attached hydrogens (primary N) is 2. The summed E-state index contributed by atoms with van der Waals surface area (Å²) in [4.78, 5) is 13.8. The Bertz CT molecular complexity index is 506. The molecular weight excluding hydrogens is 286 g/mol. The third-order valence-electron chi connectivity index (χ3n) is 4.41. The molecule has 1 heterocycles. The van der Waals surface area contributed by atoms with Crippen molar-refractivity contribution in [1.82, 2.24) is 4.90 Å². The lowest BCUT2D eigenvalue weighted by Crippen LogP contribution is -2.51. The van der Waals surface area contributed by atoms with Crippen LogP contribution in [0.3, 0.4) is 0 Å². The van der Waals surface area contributed by atoms with Crippen LogP contribution in [0.5, 0.6) is 0 Å². The molecule has 1 aliphatic rings. The van der Waals surface area contributed by atoms with Gasteiger partial charge in [-0.15, -0.1) is 0 Å². The number of hydrogen-bond donors (Lipinski definition) is 2. The number of primary amides is 1. The molecule has 0 aromatic heterocycles. The fourth-order valence-corrected chi connectivity index (χ4v) is 3.48. The molecule has 0 aliphatic carbocycles. The van der Waals surface area contributed by atoms with Crippen molar-refractivity contribution in [3.63, 3.8) is 0 Å². The second kappa shape index (κ2) is 6.77. The second-order valence-electron chi connectivity index (χ2n) is 6.05. The maximum Gasteiger partial charge on any atom is 0.221 e. The van der Waals surface area contributed by atoms with Crippen LogP contribution < -0.4 is 11.5 Å². The van der Waals surface area contributed by atoms with Crippen LogP contribution in [0, 0.1) is 5.92 Å². The van der Waals surface area contributed by atoms with Crippen LogP contribution in [0.25, 0.3) is 0 Å². The van der Waals surface area contributed by atoms with Crippen LogP contribution in [0.2, 0.25) is 5.02 Å². The van der Waals surface area contributed by atoms with Crippen molar-refractivity contribution in [2.45, 2.75) is 44.8 Å². The highest BCUT2D eigenvalue weighted by Gasteiger charge is 2.35. The minimum atomic E-state index is -0.227. The molecule has 1 aliphatic heterocycles. The van der Waals surface area contributed by atoms with E-state index in [1.165, 1.54) is 0 Å². The fourth-order valence-electron chi connectivity index (χ4n) is 3.23. The Morgan fingerprint density at radius 3 is 2.62 bits per heavy atom. The van der Waals surface area contributed by atoms with Gasteiger partial charge in [0.2, 0.25) is 5.91 Å². The van der Waals surface area contributed by atoms with Crippen molar-refractivity contribution in [3.8, 4) is 0 Å². The van der Waals surface area contributed by atoms with Gasteiger partial charge in [-0.25, -0.2) is 0 Å². The summed E-state index contributed by atoms with van der Waals surface area (Å²) in [6.07, 6.45) is 1.79. The summed E-state index contributed by atoms with van der Waals surface area (Å²) in [5, 5.41) is 0.716. The molecule has 1 aromatic carbocycles. The fraction of sp³-hybridized carbons (Fsp3) is 0.562. The quantitative estimate of drug-likeness (QED) is 0.896. The summed E-state index contributed by atoms with van der Waals surface area (Å²) in [5.74, 6) is -0.334. The Balaban J connectivity index is 2.33. The summed E-state index contributed by atoms with van der Waals surface area (Å²) in [5.41, 5.74) is 12.8. The van der Waals surface area contributed by atoms with E-state index in [2.05, 4.69) is 11.8 Å². The SMILES string of the molecule is CC(N)C(c1ccccc1Cl)N1CC(C(N)=O)CCC1C. The molecule has 0 radical (unpaired) electrons. The van der Waals surface area contributed by atoms with E-state index < -0.39 is 0 Å². The van der Waals surface area contributed by atoms with Gasteiger partial charge in [-0.3, -0.25) is 9.69 Å². The van der Waals surface area contributed by atoms with Gasteiger partial charge in [0.15, 0.2) is 0 Å². The highest BCUT2D eigenvalue weighted by Crippen LogP contribution is 2.35. The van der Waals surface area contributed by atoms with Gasteiger partial charge in [-0.1, -0.05) is 29.8 Å². The molecule has 0 spiro atoms. The molecule has 2 rings (SSSR count). The van der Waals surface area contributed by atoms with E-state index in [0.29, 0.717) is 17.6 Å². The van der Waals surface area contributed by atoms with Gasteiger partial charge in [0.05, 0.1) is 12.0 Å². The summed E-state index contributed by atoms with van der Waals surface area (Å²) >= 11 is 6.36. The predicted octanol–water partition coefficient (Wildman–Crippen LogP) is 2.31. The average Bonchev–Trinajstić information content (AvgIpc) is 2.42. The largest absolute Gasteiger partial charge is 0.369 e. The highest BCUT2D eigenvalue weighted by molar-refractivity contribution is 6.31. The van der Waals surface area contributed by atoms with Crippen LogP contribution >= 0.6 is 11.6 Å². The minimum Gasteiger partial charge on any atom is -0.369 e. The first-order chi connectivity index (χ1) is 9.91. The number of benzene rings is 1. The molecule has 1 amide bonds. The van der Waals surface area contributed by atoms with E-state index in [1.54, 1.807) is 0 Å². The molecule has 21 heavy (non-hydrogen) atoms. The Morgan fingerprint density at radius 2 is 2.05 bits per heavy atom. The molecule has 1 fully saturated rings. The summed E-state index contributed by atoms with van der Waals surface area (Å²) < 4.78 is 0. The molecule has 4 unspecified atom stereocenters. The van der Waals surface area contributed by atoms with Gasteiger partial charge >= 0.3 is 0 Å². The molecular formula is C16H24ClN3O. The smallest absolute Gasteiger partial charge is 0.221 e. The van der Waals surface area contributed by atoms with Crippen LogP contribution in [0.15, 0.2) is 24.3 Å². The lowest BCUT2D eigenvalue weighted by atomic mass is 9.88. The number of rotatable bonds is 4. The predicted molar refractivity (Wildman–Crippen MR) is 85.9 cm³/mol. The number of carbonyl (C=O) groups excluding carboxylic acids is 1. The van der Waals surface area contributed by atoms with Gasteiger partial charge in [0.1, 0.15) is 0 Å². The Hall–Kier alpha value is -1.10. The van der Waals surface area contributed by atoms with E-state index in [9.17, 15) is 4.79 Å². The maximum absolute atomic E-state index is 11.5. The lowest BCUT2D eigenvalue weighted by molar-refractivity contribution is -0.124. The van der Waals surface area contributed by atoms with Crippen LogP contribution in [-0.4, -0.2) is 29.4 Å². The highest BCUT2D eigenvalue weighted by atomic mass is 35.5. The second-order valence-corrected chi connectivity index (χ2v) is 6.46. The zero-order valence-electron chi connectivity index (χ0n) is 12.6. The number of hydrogen-bond acceptors (Lipinski definition) is 3. The molecule has 0 saturated carbocycles. The number of carbonyl (C=O) groups is 1. The van der Waals surface area contributed by atoms with E-state index in [0.717, 1.165) is 18.4 Å². The molecule has 1 saturated heterocycles. The molecule has 5 heteroatoms. The van der Waals surface area contributed by atoms with Crippen LogP contribution in [-0.2, 0) is 4.79 Å². The lowest BCUT2D eigenvalue weighted by Gasteiger charge is -2.44. The van der Waals surface area contributed by atoms with Crippen molar-refractivity contribution in [3.05, 3.63) is 34.9 Å². The van der Waals surface area contributed by atoms with Crippen molar-refractivity contribution >= 4 is 17.5 Å². The van der Waals surface area contributed by atoms with Gasteiger partial charge in [-0.2, -0.15) is 0 Å². The molecule has 4 N–H and O–H groups in total. The first-order valence-electron chi connectivity index (χ1n) is 7.47. The van der Waals surface area contributed by atoms with Crippen molar-refractivity contribution < 1.29 is 4.79 Å². The average molecular weight is 310 g/mol. The Morgan fingerprint density at radius 1 is 1.38 bits per heavy atom. The normalized spacial score (nSPS) is 26.3. The summed E-state index contributed by atoms with van der Waals surface area (Å²) in [6, 6.07) is 8.04. The molecule has 1 aromatic rings. The van der Waals surface area contributed by atoms with Gasteiger partial charge in [0.25, 0.3) is 0 Å². The topological polar surface area (TPSA) is 72.3 Å². The number of piperidine rings is 1. The Labute approximate surface area is 131 Å². The first kappa shape index (κ1) is 16.3. The number of halogens is 1. The van der Waals surface area contributed by atoms with Gasteiger partial charge in [0, 0.05) is 23.7 Å². The van der Waals surface area contributed by atoms with Gasteiger partial charge < -0.3 is 11.5 Å². The summed E-state index contributed by atoms with van der Waals surface area (Å²) in [7, 11) is 0. The number of amides is 1. The standard InChI is InChI=1S/C16H24ClN3O/c1-10-7-8-12(16(19)21)9-20(10)15(11(2)18)13-5-3-4-6-14(13)17/h3-6,10-12,15H,7-9,18H2,1-2H3,(H2,19,21). The van der Waals surface area contributed by atoms with Crippen LogP contribution in [0.1, 0.15) is 38.3 Å². The van der Waals surface area contributed by atoms with Gasteiger partial charge in [-0.05, 0) is 38.3 Å². The molecule has 4 atom stereocenters. The number of likely N-dealkylation sites (tertiary alicyclic amines) is 1. The molecule has 0 bridgehead atoms. The van der Waals surface area contributed by atoms with Crippen molar-refractivity contribution in [2.75, 3.05) is 6.54 Å². The van der Waals surface area contributed by atoms with Crippen LogP contribution in [0.4, 0.5) is 0 Å². The maximum atomic E-state index is 11.5. The number of nitrogens with zero attached hydrogens (tertiary/aromatic N) is 1.